The largest absolute Gasteiger partial charge is 0.468 e. The maximum atomic E-state index is 12.4. The van der Waals surface area contributed by atoms with Crippen LogP contribution >= 0.6 is 0 Å². The van der Waals surface area contributed by atoms with Gasteiger partial charge in [0.15, 0.2) is 6.29 Å². The van der Waals surface area contributed by atoms with Crippen molar-refractivity contribution in [2.45, 2.75) is 53.7 Å². The van der Waals surface area contributed by atoms with Crippen LogP contribution in [0.15, 0.2) is 36.4 Å². The molecular formula is C30H46N4O7. The van der Waals surface area contributed by atoms with Gasteiger partial charge in [-0.05, 0) is 36.1 Å². The first-order valence-electron chi connectivity index (χ1n) is 14.0. The van der Waals surface area contributed by atoms with Crippen LogP contribution in [0.1, 0.15) is 55.3 Å². The third kappa shape index (κ3) is 14.0. The van der Waals surface area contributed by atoms with Gasteiger partial charge in [-0.1, -0.05) is 39.8 Å². The molecular weight excluding hydrogens is 528 g/mol. The van der Waals surface area contributed by atoms with Crippen molar-refractivity contribution in [1.82, 2.24) is 19.8 Å². The van der Waals surface area contributed by atoms with Crippen LogP contribution in [0.25, 0.3) is 0 Å². The first kappa shape index (κ1) is 34.2. The van der Waals surface area contributed by atoms with Crippen molar-refractivity contribution >= 4 is 11.9 Å². The third-order valence-corrected chi connectivity index (χ3v) is 5.90. The number of carbonyl (C=O) groups is 2. The van der Waals surface area contributed by atoms with Crippen LogP contribution in [-0.4, -0.2) is 96.7 Å². The molecule has 1 unspecified atom stereocenters. The second-order valence-corrected chi connectivity index (χ2v) is 10.7. The van der Waals surface area contributed by atoms with Crippen LogP contribution in [0.4, 0.5) is 0 Å². The van der Waals surface area contributed by atoms with Crippen LogP contribution < -0.4 is 0 Å². The van der Waals surface area contributed by atoms with Gasteiger partial charge in [0.05, 0.1) is 44.0 Å². The van der Waals surface area contributed by atoms with Crippen LogP contribution in [0.2, 0.25) is 0 Å². The van der Waals surface area contributed by atoms with Gasteiger partial charge >= 0.3 is 11.9 Å². The Kier molecular flexibility index (Phi) is 15.4. The average Bonchev–Trinajstić information content (AvgIpc) is 2.94. The third-order valence-electron chi connectivity index (χ3n) is 5.90. The number of aliphatic hydroxyl groups is 1. The lowest BCUT2D eigenvalue weighted by atomic mass is 10.2. The highest BCUT2D eigenvalue weighted by atomic mass is 16.6. The van der Waals surface area contributed by atoms with Gasteiger partial charge in [0.25, 0.3) is 0 Å². The van der Waals surface area contributed by atoms with E-state index in [1.165, 1.54) is 14.2 Å². The Labute approximate surface area is 243 Å². The van der Waals surface area contributed by atoms with E-state index < -0.39 is 18.2 Å². The van der Waals surface area contributed by atoms with Crippen molar-refractivity contribution < 1.29 is 33.6 Å². The maximum absolute atomic E-state index is 12.4. The van der Waals surface area contributed by atoms with Crippen molar-refractivity contribution in [2.24, 2.45) is 11.8 Å². The Balaban J connectivity index is 2.12. The van der Waals surface area contributed by atoms with Gasteiger partial charge in [-0.2, -0.15) is 0 Å². The van der Waals surface area contributed by atoms with Crippen molar-refractivity contribution in [2.75, 3.05) is 53.6 Å². The molecule has 0 aromatic carbocycles. The highest BCUT2D eigenvalue weighted by Crippen LogP contribution is 2.10. The number of carbonyl (C=O) groups excluding carboxylic acids is 2. The van der Waals surface area contributed by atoms with E-state index in [4.69, 9.17) is 23.9 Å². The Hall–Kier alpha value is -2.96. The second-order valence-electron chi connectivity index (χ2n) is 10.7. The molecule has 2 aromatic rings. The summed E-state index contributed by atoms with van der Waals surface area (Å²) in [5.41, 5.74) is 2.50. The summed E-state index contributed by atoms with van der Waals surface area (Å²) < 4.78 is 21.1. The van der Waals surface area contributed by atoms with E-state index in [0.29, 0.717) is 57.6 Å². The summed E-state index contributed by atoms with van der Waals surface area (Å²) in [7, 11) is 2.79. The number of aliphatic hydroxyl groups excluding tert-OH is 1. The number of nitrogens with zero attached hydrogens (tertiary/aromatic N) is 4. The van der Waals surface area contributed by atoms with Gasteiger partial charge in [0.2, 0.25) is 0 Å². The SMILES string of the molecule is COC(=O)CN(CCN(Cc1cccc(COCC(C)C)n1)CC(O)OC)Cc1cccc(C(=O)OCC(C)C)n1. The van der Waals surface area contributed by atoms with Gasteiger partial charge in [-0.15, -0.1) is 0 Å². The van der Waals surface area contributed by atoms with Crippen molar-refractivity contribution in [3.05, 3.63) is 59.2 Å². The lowest BCUT2D eigenvalue weighted by Gasteiger charge is -2.28. The fourth-order valence-electron chi connectivity index (χ4n) is 3.83. The van der Waals surface area contributed by atoms with Crippen LogP contribution in [0.3, 0.4) is 0 Å². The molecule has 228 valence electrons. The summed E-state index contributed by atoms with van der Waals surface area (Å²) in [6, 6.07) is 11.0. The number of ether oxygens (including phenoxy) is 4. The van der Waals surface area contributed by atoms with E-state index in [1.807, 2.05) is 41.8 Å². The fourth-order valence-corrected chi connectivity index (χ4v) is 3.83. The van der Waals surface area contributed by atoms with E-state index in [-0.39, 0.29) is 24.7 Å². The van der Waals surface area contributed by atoms with E-state index in [0.717, 1.165) is 11.4 Å². The predicted octanol–water partition coefficient (Wildman–Crippen LogP) is 2.90. The first-order chi connectivity index (χ1) is 19.6. The van der Waals surface area contributed by atoms with Crippen LogP contribution in [-0.2, 0) is 43.4 Å². The van der Waals surface area contributed by atoms with E-state index in [1.54, 1.807) is 18.2 Å². The molecule has 2 heterocycles. The number of hydrogen-bond acceptors (Lipinski definition) is 11. The molecule has 2 rings (SSSR count). The maximum Gasteiger partial charge on any atom is 0.356 e. The minimum absolute atomic E-state index is 0.0296. The predicted molar refractivity (Wildman–Crippen MR) is 154 cm³/mol. The summed E-state index contributed by atoms with van der Waals surface area (Å²) in [6.45, 7) is 11.5. The molecule has 0 saturated heterocycles. The lowest BCUT2D eigenvalue weighted by Crippen LogP contribution is -2.41. The van der Waals surface area contributed by atoms with E-state index in [9.17, 15) is 14.7 Å². The van der Waals surface area contributed by atoms with Gasteiger partial charge in [-0.25, -0.2) is 9.78 Å². The summed E-state index contributed by atoms with van der Waals surface area (Å²) in [5, 5.41) is 10.2. The normalized spacial score (nSPS) is 12.4. The van der Waals surface area contributed by atoms with Crippen molar-refractivity contribution in [1.29, 1.82) is 0 Å². The highest BCUT2D eigenvalue weighted by Gasteiger charge is 2.18. The molecule has 1 N–H and O–H groups in total. The average molecular weight is 575 g/mol. The molecule has 0 saturated carbocycles. The molecule has 2 aromatic heterocycles. The number of methoxy groups -OCH3 is 2. The summed E-state index contributed by atoms with van der Waals surface area (Å²) in [6.07, 6.45) is -0.989. The first-order valence-corrected chi connectivity index (χ1v) is 14.0. The van der Waals surface area contributed by atoms with Crippen LogP contribution in [0, 0.1) is 11.8 Å². The molecule has 0 aliphatic carbocycles. The Bertz CT molecular complexity index is 1070. The zero-order valence-corrected chi connectivity index (χ0v) is 25.2. The lowest BCUT2D eigenvalue weighted by molar-refractivity contribution is -0.142. The molecule has 11 heteroatoms. The Morgan fingerprint density at radius 2 is 1.46 bits per heavy atom. The Morgan fingerprint density at radius 3 is 2.12 bits per heavy atom. The number of aromatic nitrogens is 2. The molecule has 11 nitrogen and oxygen atoms in total. The van der Waals surface area contributed by atoms with E-state index >= 15 is 0 Å². The number of hydrogen-bond donors (Lipinski definition) is 1. The molecule has 1 atom stereocenters. The standard InChI is InChI=1S/C30H46N4O7/c1-22(2)19-40-21-26-11-7-9-24(31-26)15-33(17-28(35)38-5)13-14-34(18-29(36)39-6)16-25-10-8-12-27(32-25)30(37)41-20-23(3)4/h7-12,22-23,28,35H,13-21H2,1-6H3. The molecule has 41 heavy (non-hydrogen) atoms. The molecule has 0 spiro atoms. The van der Waals surface area contributed by atoms with Crippen molar-refractivity contribution in [3.63, 3.8) is 0 Å². The molecule has 0 amide bonds. The molecule has 0 aliphatic rings. The smallest absolute Gasteiger partial charge is 0.356 e. The zero-order valence-electron chi connectivity index (χ0n) is 25.2. The number of esters is 2. The second kappa shape index (κ2) is 18.5. The number of pyridine rings is 2. The quantitative estimate of drug-likeness (QED) is 0.197. The molecule has 0 bridgehead atoms. The monoisotopic (exact) mass is 574 g/mol. The highest BCUT2D eigenvalue weighted by molar-refractivity contribution is 5.87. The molecule has 0 aliphatic heterocycles. The summed E-state index contributed by atoms with van der Waals surface area (Å²) >= 11 is 0. The van der Waals surface area contributed by atoms with E-state index in [2.05, 4.69) is 18.8 Å². The van der Waals surface area contributed by atoms with Crippen molar-refractivity contribution in [3.8, 4) is 0 Å². The van der Waals surface area contributed by atoms with Gasteiger partial charge in [0.1, 0.15) is 5.69 Å². The summed E-state index contributed by atoms with van der Waals surface area (Å²) in [5.74, 6) is -0.220. The van der Waals surface area contributed by atoms with Gasteiger partial charge < -0.3 is 24.1 Å². The van der Waals surface area contributed by atoms with Crippen LogP contribution in [0.5, 0.6) is 0 Å². The molecule has 0 fully saturated rings. The fraction of sp³-hybridized carbons (Fsp3) is 0.600. The van der Waals surface area contributed by atoms with Gasteiger partial charge in [0, 0.05) is 46.4 Å². The Morgan fingerprint density at radius 1 is 0.854 bits per heavy atom. The zero-order chi connectivity index (χ0) is 30.2. The summed E-state index contributed by atoms with van der Waals surface area (Å²) in [4.78, 5) is 37.7. The minimum Gasteiger partial charge on any atom is -0.468 e. The van der Waals surface area contributed by atoms with Gasteiger partial charge in [-0.3, -0.25) is 19.6 Å². The molecule has 0 radical (unpaired) electrons. The number of rotatable bonds is 19. The topological polar surface area (TPSA) is 124 Å². The minimum atomic E-state index is -0.989.